The van der Waals surface area contributed by atoms with Gasteiger partial charge in [0.1, 0.15) is 11.4 Å². The fraction of sp³-hybridized carbons (Fsp3) is 0.333. The van der Waals surface area contributed by atoms with Crippen LogP contribution in [0.1, 0.15) is 25.2 Å². The van der Waals surface area contributed by atoms with E-state index in [-0.39, 0.29) is 23.1 Å². The Morgan fingerprint density at radius 2 is 1.92 bits per heavy atom. The smallest absolute Gasteiger partial charge is 0.272 e. The van der Waals surface area contributed by atoms with Crippen LogP contribution in [-0.4, -0.2) is 38.4 Å². The van der Waals surface area contributed by atoms with Gasteiger partial charge >= 0.3 is 6.18 Å². The van der Waals surface area contributed by atoms with Crippen molar-refractivity contribution in [2.75, 3.05) is 7.05 Å². The van der Waals surface area contributed by atoms with Crippen molar-refractivity contribution < 1.29 is 18.0 Å². The summed E-state index contributed by atoms with van der Waals surface area (Å²) < 4.78 is 41.7. The highest BCUT2D eigenvalue weighted by Gasteiger charge is 2.45. The van der Waals surface area contributed by atoms with Gasteiger partial charge < -0.3 is 0 Å². The molecule has 0 N–H and O–H groups in total. The summed E-state index contributed by atoms with van der Waals surface area (Å²) in [6.07, 6.45) is -3.26. The highest BCUT2D eigenvalue weighted by Crippen LogP contribution is 2.35. The van der Waals surface area contributed by atoms with Gasteiger partial charge in [-0.25, -0.2) is 14.7 Å². The molecule has 10 heteroatoms. The lowest BCUT2D eigenvalue weighted by atomic mass is 9.85. The van der Waals surface area contributed by atoms with Gasteiger partial charge in [0.05, 0.1) is 5.41 Å². The number of rotatable bonds is 2. The summed E-state index contributed by atoms with van der Waals surface area (Å²) in [5.74, 6) is -0.301. The summed E-state index contributed by atoms with van der Waals surface area (Å²) in [5.41, 5.74) is -1.89. The summed E-state index contributed by atoms with van der Waals surface area (Å²) in [6.45, 7) is 3.20. The summed E-state index contributed by atoms with van der Waals surface area (Å²) in [6, 6.07) is 3.86. The minimum absolute atomic E-state index is 0.0119. The monoisotopic (exact) mass is 415 g/mol. The normalized spacial score (nSPS) is 17.2. The van der Waals surface area contributed by atoms with Gasteiger partial charge in [-0.15, -0.1) is 0 Å². The third-order valence-electron chi connectivity index (χ3n) is 3.84. The molecule has 0 unspecified atom stereocenters. The van der Waals surface area contributed by atoms with Crippen LogP contribution < -0.4 is 0 Å². The number of pyridine rings is 1. The van der Waals surface area contributed by atoms with Crippen molar-refractivity contribution in [3.8, 4) is 5.82 Å². The molecule has 2 aromatic heterocycles. The minimum Gasteiger partial charge on any atom is -0.272 e. The Labute approximate surface area is 149 Å². The number of carbonyl (C=O) groups is 1. The van der Waals surface area contributed by atoms with Crippen molar-refractivity contribution in [1.29, 1.82) is 0 Å². The molecular formula is C15H13BrF3N5O. The Hall–Kier alpha value is -2.23. The average molecular weight is 416 g/mol. The third kappa shape index (κ3) is 2.94. The molecule has 1 aliphatic heterocycles. The first-order chi connectivity index (χ1) is 11.5. The molecule has 25 heavy (non-hydrogen) atoms. The van der Waals surface area contributed by atoms with Crippen LogP contribution in [0.25, 0.3) is 5.82 Å². The average Bonchev–Trinajstić information content (AvgIpc) is 3.04. The first-order valence-electron chi connectivity index (χ1n) is 7.18. The van der Waals surface area contributed by atoms with Crippen LogP contribution in [0, 0.1) is 5.41 Å². The van der Waals surface area contributed by atoms with Gasteiger partial charge in [0.2, 0.25) is 0 Å². The second-order valence-electron chi connectivity index (χ2n) is 6.06. The molecule has 132 valence electrons. The van der Waals surface area contributed by atoms with Crippen LogP contribution in [0.3, 0.4) is 0 Å². The topological polar surface area (TPSA) is 63.4 Å². The molecule has 0 spiro atoms. The van der Waals surface area contributed by atoms with Crippen LogP contribution in [0.4, 0.5) is 13.2 Å². The molecule has 1 aliphatic rings. The van der Waals surface area contributed by atoms with E-state index in [4.69, 9.17) is 0 Å². The number of carbonyl (C=O) groups excluding carboxylic acids is 1. The molecule has 1 amide bonds. The van der Waals surface area contributed by atoms with E-state index in [1.165, 1.54) is 19.3 Å². The maximum Gasteiger partial charge on any atom is 0.433 e. The quantitative estimate of drug-likeness (QED) is 0.755. The zero-order valence-electron chi connectivity index (χ0n) is 13.5. The number of nitrogens with zero attached hydrogens (tertiary/aromatic N) is 5. The van der Waals surface area contributed by atoms with E-state index in [0.717, 1.165) is 11.1 Å². The fourth-order valence-corrected chi connectivity index (χ4v) is 2.80. The van der Waals surface area contributed by atoms with Crippen LogP contribution in [-0.2, 0) is 11.0 Å². The van der Waals surface area contributed by atoms with E-state index in [1.54, 1.807) is 19.9 Å². The summed E-state index contributed by atoms with van der Waals surface area (Å²) in [4.78, 5) is 16.1. The standard InChI is InChI=1S/C15H13BrF3N5O/c1-14(2)12(22-23(3)13(14)25)9-6-10(15(17,18)19)24(21-9)11-5-4-8(16)7-20-11/h4-7H,1-3H3. The van der Waals surface area contributed by atoms with E-state index < -0.39 is 17.3 Å². The van der Waals surface area contributed by atoms with Crippen molar-refractivity contribution in [3.63, 3.8) is 0 Å². The van der Waals surface area contributed by atoms with Crippen molar-refractivity contribution in [1.82, 2.24) is 19.8 Å². The van der Waals surface area contributed by atoms with E-state index in [0.29, 0.717) is 9.15 Å². The lowest BCUT2D eigenvalue weighted by Crippen LogP contribution is -2.33. The molecule has 0 aromatic carbocycles. The summed E-state index contributed by atoms with van der Waals surface area (Å²) in [7, 11) is 1.45. The van der Waals surface area contributed by atoms with Gasteiger partial charge in [-0.2, -0.15) is 23.4 Å². The molecule has 0 aliphatic carbocycles. The highest BCUT2D eigenvalue weighted by molar-refractivity contribution is 9.10. The second kappa shape index (κ2) is 5.65. The predicted octanol–water partition coefficient (Wildman–Crippen LogP) is 3.25. The maximum atomic E-state index is 13.4. The van der Waals surface area contributed by atoms with E-state index in [2.05, 4.69) is 31.1 Å². The van der Waals surface area contributed by atoms with Gasteiger partial charge in [0.15, 0.2) is 11.5 Å². The molecule has 3 heterocycles. The molecule has 0 saturated heterocycles. The van der Waals surface area contributed by atoms with E-state index >= 15 is 0 Å². The minimum atomic E-state index is -4.64. The summed E-state index contributed by atoms with van der Waals surface area (Å²) >= 11 is 3.19. The van der Waals surface area contributed by atoms with Crippen molar-refractivity contribution in [2.45, 2.75) is 20.0 Å². The van der Waals surface area contributed by atoms with Crippen LogP contribution in [0.15, 0.2) is 34.0 Å². The Bertz CT molecular complexity index is 870. The second-order valence-corrected chi connectivity index (χ2v) is 6.98. The van der Waals surface area contributed by atoms with Crippen molar-refractivity contribution in [3.05, 3.63) is 40.3 Å². The zero-order valence-corrected chi connectivity index (χ0v) is 15.1. The number of halogens is 4. The zero-order chi connectivity index (χ0) is 18.6. The van der Waals surface area contributed by atoms with Gasteiger partial charge in [-0.1, -0.05) is 0 Å². The first kappa shape index (κ1) is 17.6. The van der Waals surface area contributed by atoms with Gasteiger partial charge in [0, 0.05) is 17.7 Å². The highest BCUT2D eigenvalue weighted by atomic mass is 79.9. The first-order valence-corrected chi connectivity index (χ1v) is 7.98. The number of hydrogen-bond acceptors (Lipinski definition) is 4. The van der Waals surface area contributed by atoms with Crippen LogP contribution in [0.2, 0.25) is 0 Å². The molecule has 6 nitrogen and oxygen atoms in total. The summed E-state index contributed by atoms with van der Waals surface area (Å²) in [5, 5.41) is 9.21. The molecule has 0 bridgehead atoms. The lowest BCUT2D eigenvalue weighted by molar-refractivity contribution is -0.142. The van der Waals surface area contributed by atoms with Gasteiger partial charge in [-0.3, -0.25) is 4.79 Å². The predicted molar refractivity (Wildman–Crippen MR) is 87.1 cm³/mol. The number of alkyl halides is 3. The molecule has 2 aromatic rings. The van der Waals surface area contributed by atoms with Crippen LogP contribution >= 0.6 is 15.9 Å². The van der Waals surface area contributed by atoms with Gasteiger partial charge in [0.25, 0.3) is 5.91 Å². The Balaban J connectivity index is 2.17. The Kier molecular flexibility index (Phi) is 3.98. The molecule has 3 rings (SSSR count). The van der Waals surface area contributed by atoms with E-state index in [9.17, 15) is 18.0 Å². The molecule has 0 fully saturated rings. The molecule has 0 saturated carbocycles. The Morgan fingerprint density at radius 3 is 2.40 bits per heavy atom. The van der Waals surface area contributed by atoms with Crippen LogP contribution in [0.5, 0.6) is 0 Å². The number of hydrazone groups is 1. The van der Waals surface area contributed by atoms with Crippen molar-refractivity contribution >= 4 is 27.5 Å². The number of aromatic nitrogens is 3. The molecule has 0 atom stereocenters. The Morgan fingerprint density at radius 1 is 1.24 bits per heavy atom. The maximum absolute atomic E-state index is 13.4. The number of amides is 1. The fourth-order valence-electron chi connectivity index (χ4n) is 2.56. The largest absolute Gasteiger partial charge is 0.433 e. The lowest BCUT2D eigenvalue weighted by Gasteiger charge is -2.16. The SMILES string of the molecule is CN1N=C(c2cc(C(F)(F)F)n(-c3ccc(Br)cn3)n2)C(C)(C)C1=O. The van der Waals surface area contributed by atoms with Gasteiger partial charge in [-0.05, 0) is 48.0 Å². The van der Waals surface area contributed by atoms with E-state index in [1.807, 2.05) is 0 Å². The molecular weight excluding hydrogens is 403 g/mol. The number of hydrogen-bond donors (Lipinski definition) is 0. The molecule has 0 radical (unpaired) electrons. The van der Waals surface area contributed by atoms with Crippen molar-refractivity contribution in [2.24, 2.45) is 10.5 Å². The third-order valence-corrected chi connectivity index (χ3v) is 4.31.